The number of carbonyl (C=O) groups is 1. The number of carbonyl (C=O) groups excluding carboxylic acids is 1. The summed E-state index contributed by atoms with van der Waals surface area (Å²) in [5, 5.41) is 55.1. The molecule has 13 nitrogen and oxygen atoms in total. The van der Waals surface area contributed by atoms with Crippen molar-refractivity contribution in [2.24, 2.45) is 0 Å². The third-order valence-corrected chi connectivity index (χ3v) is 11.0. The fourth-order valence-corrected chi connectivity index (χ4v) is 7.41. The Morgan fingerprint density at radius 1 is 0.707 bits per heavy atom. The lowest BCUT2D eigenvalue weighted by Gasteiger charge is -2.41. The second kappa shape index (κ2) is 34.9. The second-order valence-electron chi connectivity index (χ2n) is 15.8. The molecule has 340 valence electrons. The highest BCUT2D eigenvalue weighted by Gasteiger charge is 2.48. The van der Waals surface area contributed by atoms with Crippen molar-refractivity contribution >= 4 is 16.3 Å². The summed E-state index contributed by atoms with van der Waals surface area (Å²) in [6.45, 7) is 3.16. The van der Waals surface area contributed by atoms with Gasteiger partial charge in [0.1, 0.15) is 30.5 Å². The number of ether oxygens (including phenoxy) is 2. The zero-order valence-corrected chi connectivity index (χ0v) is 36.5. The van der Waals surface area contributed by atoms with E-state index < -0.39 is 78.5 Å². The van der Waals surface area contributed by atoms with Gasteiger partial charge in [0, 0.05) is 0 Å². The van der Waals surface area contributed by atoms with Crippen molar-refractivity contribution in [1.82, 2.24) is 5.32 Å². The third kappa shape index (κ3) is 27.2. The largest absolute Gasteiger partial charge is 0.397 e. The Morgan fingerprint density at radius 3 is 1.72 bits per heavy atom. The zero-order valence-electron chi connectivity index (χ0n) is 35.7. The van der Waals surface area contributed by atoms with Crippen LogP contribution in [0.25, 0.3) is 0 Å². The van der Waals surface area contributed by atoms with Gasteiger partial charge in [-0.3, -0.25) is 9.35 Å². The fourth-order valence-electron chi connectivity index (χ4n) is 6.90. The molecule has 1 heterocycles. The third-order valence-electron chi connectivity index (χ3n) is 10.5. The number of allylic oxidation sites excluding steroid dienone is 5. The number of amides is 1. The lowest BCUT2D eigenvalue weighted by atomic mass is 9.99. The molecule has 1 rings (SSSR count). The van der Waals surface area contributed by atoms with E-state index in [1.807, 2.05) is 6.08 Å². The van der Waals surface area contributed by atoms with E-state index in [9.17, 15) is 38.7 Å². The molecule has 0 radical (unpaired) electrons. The molecule has 0 aromatic carbocycles. The predicted octanol–water partition coefficient (Wildman–Crippen LogP) is 7.30. The molecule has 0 aromatic rings. The summed E-state index contributed by atoms with van der Waals surface area (Å²) in [6, 6.07) is -1.12. The molecule has 1 aliphatic rings. The summed E-state index contributed by atoms with van der Waals surface area (Å²) in [7, 11) is -5.12. The predicted molar refractivity (Wildman–Crippen MR) is 228 cm³/mol. The molecule has 1 aliphatic heterocycles. The van der Waals surface area contributed by atoms with Crippen molar-refractivity contribution in [3.63, 3.8) is 0 Å². The van der Waals surface area contributed by atoms with Crippen LogP contribution in [0.2, 0.25) is 0 Å². The van der Waals surface area contributed by atoms with Crippen molar-refractivity contribution in [2.75, 3.05) is 13.2 Å². The molecule has 0 aromatic heterocycles. The first-order valence-corrected chi connectivity index (χ1v) is 23.8. The molecule has 1 fully saturated rings. The molecule has 0 aliphatic carbocycles. The van der Waals surface area contributed by atoms with E-state index in [0.29, 0.717) is 12.8 Å². The Bertz CT molecular complexity index is 1200. The van der Waals surface area contributed by atoms with Crippen LogP contribution in [0.3, 0.4) is 0 Å². The van der Waals surface area contributed by atoms with Crippen molar-refractivity contribution < 1.29 is 57.0 Å². The Kier molecular flexibility index (Phi) is 32.7. The highest BCUT2D eigenvalue weighted by molar-refractivity contribution is 7.80. The van der Waals surface area contributed by atoms with Gasteiger partial charge in [-0.25, -0.2) is 4.18 Å². The first-order chi connectivity index (χ1) is 27.9. The lowest BCUT2D eigenvalue weighted by molar-refractivity contribution is -0.298. The average Bonchev–Trinajstić information content (AvgIpc) is 3.19. The summed E-state index contributed by atoms with van der Waals surface area (Å²) in [5.41, 5.74) is 0. The second-order valence-corrected chi connectivity index (χ2v) is 16.8. The van der Waals surface area contributed by atoms with E-state index in [2.05, 4.69) is 47.7 Å². The number of hydrogen-bond donors (Lipinski definition) is 7. The summed E-state index contributed by atoms with van der Waals surface area (Å²) >= 11 is 0. The number of unbranched alkanes of at least 4 members (excludes halogenated alkanes) is 20. The van der Waals surface area contributed by atoms with E-state index in [1.165, 1.54) is 76.7 Å². The van der Waals surface area contributed by atoms with Crippen LogP contribution < -0.4 is 5.32 Å². The van der Waals surface area contributed by atoms with Crippen LogP contribution in [0.4, 0.5) is 0 Å². The van der Waals surface area contributed by atoms with Gasteiger partial charge in [0.15, 0.2) is 6.29 Å². The quantitative estimate of drug-likeness (QED) is 0.0187. The van der Waals surface area contributed by atoms with Crippen LogP contribution in [0.1, 0.15) is 174 Å². The highest BCUT2D eigenvalue weighted by Crippen LogP contribution is 2.26. The maximum atomic E-state index is 13.1. The van der Waals surface area contributed by atoms with Gasteiger partial charge >= 0.3 is 10.4 Å². The fraction of sp³-hybridized carbons (Fsp3) is 0.841. The molecule has 0 saturated carbocycles. The van der Waals surface area contributed by atoms with Crippen LogP contribution in [0.15, 0.2) is 36.5 Å². The van der Waals surface area contributed by atoms with Gasteiger partial charge in [0.05, 0.1) is 25.4 Å². The van der Waals surface area contributed by atoms with E-state index in [-0.39, 0.29) is 6.42 Å². The minimum Gasteiger partial charge on any atom is -0.394 e. The van der Waals surface area contributed by atoms with Crippen LogP contribution in [0, 0.1) is 0 Å². The number of rotatable bonds is 37. The summed E-state index contributed by atoms with van der Waals surface area (Å²) in [6.07, 6.45) is 27.9. The maximum Gasteiger partial charge on any atom is 0.397 e. The van der Waals surface area contributed by atoms with Crippen LogP contribution in [-0.4, -0.2) is 107 Å². The van der Waals surface area contributed by atoms with Crippen molar-refractivity contribution in [2.45, 2.75) is 223 Å². The maximum absolute atomic E-state index is 13.1. The molecule has 58 heavy (non-hydrogen) atoms. The average molecular weight is 848 g/mol. The van der Waals surface area contributed by atoms with Crippen LogP contribution >= 0.6 is 0 Å². The Hall–Kier alpha value is -1.72. The molecule has 1 saturated heterocycles. The summed E-state index contributed by atoms with van der Waals surface area (Å²) in [4.78, 5) is 13.1. The highest BCUT2D eigenvalue weighted by atomic mass is 32.3. The Labute approximate surface area is 350 Å². The minimum absolute atomic E-state index is 0.230. The molecular formula is C44H81NO12S. The minimum atomic E-state index is -5.12. The standard InChI is InChI=1S/C44H81NO12S/c1-3-5-7-9-11-13-15-17-18-19-21-23-25-27-29-31-33-38(48)43(51)45-36(37(47)32-30-28-26-24-22-20-16-14-12-10-8-6-4-2)35-55-44-41(50)42(57-58(52,53)54)40(49)39(34-46)56-44/h11,13,17-18,30,32,36-42,44,46-50H,3-10,12,14-16,19-29,31,33-35H2,1-2H3,(H,45,51)(H,52,53,54)/b13-11-,18-17-,32-30+. The summed E-state index contributed by atoms with van der Waals surface area (Å²) in [5.74, 6) is -0.713. The number of aliphatic hydroxyl groups is 5. The first-order valence-electron chi connectivity index (χ1n) is 22.5. The van der Waals surface area contributed by atoms with Gasteiger partial charge in [0.2, 0.25) is 5.91 Å². The van der Waals surface area contributed by atoms with Gasteiger partial charge in [-0.1, -0.05) is 159 Å². The number of nitrogens with one attached hydrogen (secondary N) is 1. The van der Waals surface area contributed by atoms with Crippen LogP contribution in [0.5, 0.6) is 0 Å². The molecule has 8 atom stereocenters. The summed E-state index contributed by atoms with van der Waals surface area (Å²) < 4.78 is 47.4. The van der Waals surface area contributed by atoms with Crippen molar-refractivity contribution in [1.29, 1.82) is 0 Å². The Morgan fingerprint density at radius 2 is 1.19 bits per heavy atom. The molecule has 14 heteroatoms. The van der Waals surface area contributed by atoms with Crippen LogP contribution in [-0.2, 0) is 28.9 Å². The SMILES string of the molecule is CCCCC/C=C\C/C=C\CCCCCCCCC(O)C(=O)NC(COC1OC(CO)C(O)C(OS(=O)(=O)O)C1O)C(O)/C=C/CCCCCCCCCCCCC. The normalized spacial score (nSPS) is 22.0. The molecule has 0 spiro atoms. The van der Waals surface area contributed by atoms with E-state index in [4.69, 9.17) is 14.0 Å². The molecule has 0 bridgehead atoms. The van der Waals surface area contributed by atoms with Gasteiger partial charge < -0.3 is 40.3 Å². The monoisotopic (exact) mass is 848 g/mol. The molecule has 7 N–H and O–H groups in total. The zero-order chi connectivity index (χ0) is 42.9. The molecule has 8 unspecified atom stereocenters. The molecule has 1 amide bonds. The van der Waals surface area contributed by atoms with Gasteiger partial charge in [-0.15, -0.1) is 0 Å². The molecular weight excluding hydrogens is 767 g/mol. The van der Waals surface area contributed by atoms with E-state index >= 15 is 0 Å². The van der Waals surface area contributed by atoms with Gasteiger partial charge in [-0.05, 0) is 51.4 Å². The number of aliphatic hydroxyl groups excluding tert-OH is 5. The smallest absolute Gasteiger partial charge is 0.394 e. The number of hydrogen-bond acceptors (Lipinski definition) is 11. The van der Waals surface area contributed by atoms with Crippen molar-refractivity contribution in [3.8, 4) is 0 Å². The lowest BCUT2D eigenvalue weighted by Crippen LogP contribution is -2.61. The van der Waals surface area contributed by atoms with Gasteiger partial charge in [0.25, 0.3) is 0 Å². The van der Waals surface area contributed by atoms with E-state index in [0.717, 1.165) is 70.6 Å². The Balaban J connectivity index is 2.62. The van der Waals surface area contributed by atoms with Gasteiger partial charge in [-0.2, -0.15) is 8.42 Å². The van der Waals surface area contributed by atoms with E-state index in [1.54, 1.807) is 0 Å². The van der Waals surface area contributed by atoms with Crippen molar-refractivity contribution in [3.05, 3.63) is 36.5 Å². The topological polar surface area (TPSA) is 212 Å². The first kappa shape index (κ1) is 54.3.